The summed E-state index contributed by atoms with van der Waals surface area (Å²) in [7, 11) is 0. The van der Waals surface area contributed by atoms with Crippen molar-refractivity contribution in [2.45, 2.75) is 26.0 Å². The van der Waals surface area contributed by atoms with Crippen LogP contribution in [0.15, 0.2) is 42.5 Å². The van der Waals surface area contributed by atoms with Crippen molar-refractivity contribution < 1.29 is 4.74 Å². The fraction of sp³-hybridized carbons (Fsp3) is 0.222. The highest BCUT2D eigenvalue weighted by molar-refractivity contribution is 6.32. The Labute approximate surface area is 140 Å². The molecule has 0 saturated heterocycles. The quantitative estimate of drug-likeness (QED) is 0.848. The molecular weight excluding hydrogens is 310 g/mol. The lowest BCUT2D eigenvalue weighted by Gasteiger charge is -2.12. The lowest BCUT2D eigenvalue weighted by molar-refractivity contribution is 0.251. The van der Waals surface area contributed by atoms with E-state index >= 15 is 0 Å². The van der Waals surface area contributed by atoms with Gasteiger partial charge in [-0.05, 0) is 42.3 Å². The number of hydrogen-bond donors (Lipinski definition) is 1. The molecule has 2 aromatic rings. The molecule has 2 rings (SSSR count). The minimum Gasteiger partial charge on any atom is -0.476 e. The van der Waals surface area contributed by atoms with E-state index < -0.39 is 6.10 Å². The molecule has 23 heavy (non-hydrogen) atoms. The van der Waals surface area contributed by atoms with E-state index in [9.17, 15) is 0 Å². The molecular formula is C18H16ClN3O. The zero-order chi connectivity index (χ0) is 16.7. The Morgan fingerprint density at radius 2 is 2.04 bits per heavy atom. The Morgan fingerprint density at radius 1 is 1.22 bits per heavy atom. The third kappa shape index (κ3) is 4.64. The average molecular weight is 326 g/mol. The molecule has 0 spiro atoms. The van der Waals surface area contributed by atoms with Crippen molar-refractivity contribution in [1.82, 2.24) is 0 Å². The number of rotatable bonds is 6. The molecule has 116 valence electrons. The summed E-state index contributed by atoms with van der Waals surface area (Å²) >= 11 is 6.01. The smallest absolute Gasteiger partial charge is 0.184 e. The minimum atomic E-state index is -0.435. The molecule has 1 unspecified atom stereocenters. The van der Waals surface area contributed by atoms with Crippen molar-refractivity contribution >= 4 is 17.3 Å². The second-order valence-corrected chi connectivity index (χ2v) is 5.36. The van der Waals surface area contributed by atoms with Crippen LogP contribution in [0.5, 0.6) is 5.75 Å². The van der Waals surface area contributed by atoms with Gasteiger partial charge in [0.15, 0.2) is 6.10 Å². The second-order valence-electron chi connectivity index (χ2n) is 4.95. The summed E-state index contributed by atoms with van der Waals surface area (Å²) in [5.41, 5.74) is 2.31. The molecule has 0 radical (unpaired) electrons. The van der Waals surface area contributed by atoms with Crippen LogP contribution in [0.25, 0.3) is 0 Å². The van der Waals surface area contributed by atoms with E-state index in [0.29, 0.717) is 29.3 Å². The average Bonchev–Trinajstić information content (AvgIpc) is 2.58. The van der Waals surface area contributed by atoms with Gasteiger partial charge in [0.1, 0.15) is 17.9 Å². The van der Waals surface area contributed by atoms with Crippen LogP contribution in [-0.4, -0.2) is 6.10 Å². The van der Waals surface area contributed by atoms with Crippen LogP contribution in [0.1, 0.15) is 24.5 Å². The molecule has 0 saturated carbocycles. The molecule has 1 atom stereocenters. The molecule has 0 aromatic heterocycles. The molecule has 0 aliphatic carbocycles. The van der Waals surface area contributed by atoms with Gasteiger partial charge in [-0.2, -0.15) is 10.5 Å². The third-order valence-corrected chi connectivity index (χ3v) is 3.59. The molecule has 2 aromatic carbocycles. The van der Waals surface area contributed by atoms with E-state index in [1.165, 1.54) is 0 Å². The van der Waals surface area contributed by atoms with Crippen molar-refractivity contribution in [3.63, 3.8) is 0 Å². The van der Waals surface area contributed by atoms with Gasteiger partial charge in [0.25, 0.3) is 0 Å². The Morgan fingerprint density at radius 3 is 2.70 bits per heavy atom. The van der Waals surface area contributed by atoms with Gasteiger partial charge in [-0.3, -0.25) is 0 Å². The highest BCUT2D eigenvalue weighted by atomic mass is 35.5. The number of nitrogens with one attached hydrogen (secondary N) is 1. The Balaban J connectivity index is 2.02. The molecule has 4 nitrogen and oxygen atoms in total. The topological polar surface area (TPSA) is 68.8 Å². The van der Waals surface area contributed by atoms with Crippen LogP contribution in [-0.2, 0) is 6.54 Å². The first-order valence-corrected chi connectivity index (χ1v) is 7.62. The zero-order valence-corrected chi connectivity index (χ0v) is 13.5. The SMILES string of the molecule is CCC(C#N)Oc1cccc(CNc2ccc(C#N)c(Cl)c2)c1. The Hall–Kier alpha value is -2.69. The summed E-state index contributed by atoms with van der Waals surface area (Å²) in [6.45, 7) is 2.50. The van der Waals surface area contributed by atoms with Crippen LogP contribution >= 0.6 is 11.6 Å². The number of nitriles is 2. The van der Waals surface area contributed by atoms with Gasteiger partial charge in [-0.25, -0.2) is 0 Å². The van der Waals surface area contributed by atoms with Crippen molar-refractivity contribution in [3.05, 3.63) is 58.6 Å². The van der Waals surface area contributed by atoms with Crippen molar-refractivity contribution in [2.75, 3.05) is 5.32 Å². The van der Waals surface area contributed by atoms with Gasteiger partial charge in [0.2, 0.25) is 0 Å². The monoisotopic (exact) mass is 325 g/mol. The minimum absolute atomic E-state index is 0.425. The van der Waals surface area contributed by atoms with Crippen LogP contribution in [0, 0.1) is 22.7 Å². The summed E-state index contributed by atoms with van der Waals surface area (Å²) in [6, 6.07) is 17.0. The molecule has 1 N–H and O–H groups in total. The third-order valence-electron chi connectivity index (χ3n) is 3.28. The Kier molecular flexibility index (Phi) is 5.86. The van der Waals surface area contributed by atoms with Crippen LogP contribution < -0.4 is 10.1 Å². The maximum atomic E-state index is 8.95. The summed E-state index contributed by atoms with van der Waals surface area (Å²) < 4.78 is 5.61. The second kappa shape index (κ2) is 8.08. The highest BCUT2D eigenvalue weighted by Gasteiger charge is 2.06. The first kappa shape index (κ1) is 16.7. The fourth-order valence-corrected chi connectivity index (χ4v) is 2.24. The molecule has 0 aliphatic heterocycles. The predicted octanol–water partition coefficient (Wildman–Crippen LogP) is 4.50. The summed E-state index contributed by atoms with van der Waals surface area (Å²) in [6.07, 6.45) is 0.207. The van der Waals surface area contributed by atoms with Gasteiger partial charge >= 0.3 is 0 Å². The van der Waals surface area contributed by atoms with E-state index in [0.717, 1.165) is 11.3 Å². The van der Waals surface area contributed by atoms with Crippen molar-refractivity contribution in [3.8, 4) is 17.9 Å². The highest BCUT2D eigenvalue weighted by Crippen LogP contribution is 2.21. The molecule has 0 bridgehead atoms. The first-order chi connectivity index (χ1) is 11.2. The van der Waals surface area contributed by atoms with Crippen molar-refractivity contribution in [1.29, 1.82) is 10.5 Å². The molecule has 0 aliphatic rings. The maximum absolute atomic E-state index is 8.95. The molecule has 0 amide bonds. The molecule has 5 heteroatoms. The van der Waals surface area contributed by atoms with Gasteiger partial charge in [0, 0.05) is 12.2 Å². The lowest BCUT2D eigenvalue weighted by atomic mass is 10.2. The first-order valence-electron chi connectivity index (χ1n) is 7.25. The number of hydrogen-bond acceptors (Lipinski definition) is 4. The summed E-state index contributed by atoms with van der Waals surface area (Å²) in [4.78, 5) is 0. The predicted molar refractivity (Wildman–Crippen MR) is 90.3 cm³/mol. The standard InChI is InChI=1S/C18H16ClN3O/c1-2-16(11-21)23-17-5-3-4-13(8-17)12-22-15-7-6-14(10-20)18(19)9-15/h3-9,16,22H,2,12H2,1H3. The van der Waals surface area contributed by atoms with Crippen LogP contribution in [0.4, 0.5) is 5.69 Å². The number of benzene rings is 2. The maximum Gasteiger partial charge on any atom is 0.184 e. The van der Waals surface area contributed by atoms with E-state index in [2.05, 4.69) is 11.4 Å². The Bertz CT molecular complexity index is 762. The van der Waals surface area contributed by atoms with Gasteiger partial charge in [-0.15, -0.1) is 0 Å². The van der Waals surface area contributed by atoms with Gasteiger partial charge in [-0.1, -0.05) is 30.7 Å². The molecule has 0 fully saturated rings. The molecule has 0 heterocycles. The zero-order valence-electron chi connectivity index (χ0n) is 12.7. The van der Waals surface area contributed by atoms with Crippen LogP contribution in [0.2, 0.25) is 5.02 Å². The lowest BCUT2D eigenvalue weighted by Crippen LogP contribution is -2.12. The van der Waals surface area contributed by atoms with E-state index in [1.54, 1.807) is 12.1 Å². The number of ether oxygens (including phenoxy) is 1. The van der Waals surface area contributed by atoms with Crippen LogP contribution in [0.3, 0.4) is 0 Å². The van der Waals surface area contributed by atoms with E-state index in [4.69, 9.17) is 26.9 Å². The van der Waals surface area contributed by atoms with Gasteiger partial charge in [0.05, 0.1) is 10.6 Å². The summed E-state index contributed by atoms with van der Waals surface area (Å²) in [5, 5.41) is 21.5. The van der Waals surface area contributed by atoms with Gasteiger partial charge < -0.3 is 10.1 Å². The fourth-order valence-electron chi connectivity index (χ4n) is 2.01. The van der Waals surface area contributed by atoms with Crippen molar-refractivity contribution in [2.24, 2.45) is 0 Å². The van der Waals surface area contributed by atoms with E-state index in [1.807, 2.05) is 43.3 Å². The van der Waals surface area contributed by atoms with E-state index in [-0.39, 0.29) is 0 Å². The summed E-state index contributed by atoms with van der Waals surface area (Å²) in [5.74, 6) is 0.676. The normalized spacial score (nSPS) is 11.1. The largest absolute Gasteiger partial charge is 0.476 e. The number of halogens is 1. The number of anilines is 1. The number of nitrogens with zero attached hydrogens (tertiary/aromatic N) is 2.